The third-order valence-electron chi connectivity index (χ3n) is 8.28. The lowest BCUT2D eigenvalue weighted by atomic mass is 9.65. The SMILES string of the molecule is CN(C)\C=C/C=C\C=C\Cc1ccc(C2=CC=C(C3(c4ccccc4)C/C=C\CCCc4ccccc43)C=CC2)cc1. The predicted molar refractivity (Wildman–Crippen MR) is 181 cm³/mol. The number of allylic oxidation sites excluding steroid dienone is 13. The monoisotopic (exact) mass is 549 g/mol. The van der Waals surface area contributed by atoms with E-state index in [9.17, 15) is 0 Å². The van der Waals surface area contributed by atoms with Crippen molar-refractivity contribution in [2.75, 3.05) is 14.1 Å². The zero-order valence-corrected chi connectivity index (χ0v) is 25.1. The van der Waals surface area contributed by atoms with Crippen LogP contribution >= 0.6 is 0 Å². The Morgan fingerprint density at radius 1 is 0.762 bits per heavy atom. The molecule has 0 amide bonds. The van der Waals surface area contributed by atoms with Gasteiger partial charge in [-0.05, 0) is 89.8 Å². The van der Waals surface area contributed by atoms with Crippen molar-refractivity contribution in [2.45, 2.75) is 43.9 Å². The van der Waals surface area contributed by atoms with E-state index in [2.05, 4.69) is 140 Å². The number of fused-ring (bicyclic) bond motifs is 1. The highest BCUT2D eigenvalue weighted by molar-refractivity contribution is 5.71. The molecule has 42 heavy (non-hydrogen) atoms. The first kappa shape index (κ1) is 29.1. The summed E-state index contributed by atoms with van der Waals surface area (Å²) in [5, 5.41) is 0. The van der Waals surface area contributed by atoms with Crippen LogP contribution in [0.2, 0.25) is 0 Å². The van der Waals surface area contributed by atoms with Crippen molar-refractivity contribution in [3.8, 4) is 0 Å². The van der Waals surface area contributed by atoms with E-state index in [1.807, 2.05) is 31.3 Å². The van der Waals surface area contributed by atoms with Gasteiger partial charge in [-0.15, -0.1) is 0 Å². The molecule has 0 fully saturated rings. The number of aryl methyl sites for hydroxylation is 1. The van der Waals surface area contributed by atoms with E-state index in [4.69, 9.17) is 0 Å². The van der Waals surface area contributed by atoms with Crippen molar-refractivity contribution in [3.63, 3.8) is 0 Å². The minimum absolute atomic E-state index is 0.228. The fourth-order valence-electron chi connectivity index (χ4n) is 6.10. The Morgan fingerprint density at radius 3 is 2.38 bits per heavy atom. The molecule has 0 N–H and O–H groups in total. The van der Waals surface area contributed by atoms with Gasteiger partial charge in [0.15, 0.2) is 0 Å². The second-order valence-electron chi connectivity index (χ2n) is 11.4. The zero-order valence-electron chi connectivity index (χ0n) is 25.1. The van der Waals surface area contributed by atoms with Crippen molar-refractivity contribution < 1.29 is 0 Å². The maximum absolute atomic E-state index is 2.42. The molecule has 0 radical (unpaired) electrons. The molecular weight excluding hydrogens is 506 g/mol. The Hall–Kier alpha value is -4.36. The van der Waals surface area contributed by atoms with E-state index >= 15 is 0 Å². The van der Waals surface area contributed by atoms with Gasteiger partial charge in [-0.2, -0.15) is 0 Å². The molecule has 0 spiro atoms. The van der Waals surface area contributed by atoms with Crippen molar-refractivity contribution in [3.05, 3.63) is 185 Å². The summed E-state index contributed by atoms with van der Waals surface area (Å²) in [6.07, 6.45) is 33.1. The number of benzene rings is 3. The van der Waals surface area contributed by atoms with Gasteiger partial charge in [0.1, 0.15) is 0 Å². The molecule has 1 unspecified atom stereocenters. The van der Waals surface area contributed by atoms with Crippen molar-refractivity contribution in [2.24, 2.45) is 0 Å². The first-order valence-electron chi connectivity index (χ1n) is 15.3. The lowest BCUT2D eigenvalue weighted by Gasteiger charge is -2.37. The number of nitrogens with zero attached hydrogens (tertiary/aromatic N) is 1. The summed E-state index contributed by atoms with van der Waals surface area (Å²) in [6, 6.07) is 29.4. The molecule has 0 aliphatic heterocycles. The van der Waals surface area contributed by atoms with Crippen LogP contribution in [0.4, 0.5) is 0 Å². The number of rotatable bonds is 8. The average molecular weight is 550 g/mol. The van der Waals surface area contributed by atoms with Gasteiger partial charge >= 0.3 is 0 Å². The standard InChI is InChI=1S/C41H43N/c1-42(2)33-16-7-3-4-9-18-34-26-28-36(29-27-34)35-21-17-24-39(31-30-35)41(38-22-11-8-12-23-38)32-15-6-5-10-19-37-20-13-14-25-40(37)41/h3-4,6-9,11-17,20,22-31,33H,5,10,18-19,21,32H2,1-2H3/b7-3-,9-4+,15-6-,33-16-. The molecule has 1 heteroatoms. The van der Waals surface area contributed by atoms with Crippen molar-refractivity contribution in [1.29, 1.82) is 0 Å². The Bertz CT molecular complexity index is 1520. The third kappa shape index (κ3) is 7.09. The van der Waals surface area contributed by atoms with E-state index in [0.717, 1.165) is 32.1 Å². The van der Waals surface area contributed by atoms with Crippen LogP contribution in [0, 0.1) is 0 Å². The first-order valence-corrected chi connectivity index (χ1v) is 15.3. The summed E-state index contributed by atoms with van der Waals surface area (Å²) in [5.74, 6) is 0. The lowest BCUT2D eigenvalue weighted by Crippen LogP contribution is -2.30. The van der Waals surface area contributed by atoms with Crippen LogP contribution in [-0.4, -0.2) is 19.0 Å². The molecule has 0 aromatic heterocycles. The Morgan fingerprint density at radius 2 is 1.55 bits per heavy atom. The Kier molecular flexibility index (Phi) is 10.1. The van der Waals surface area contributed by atoms with E-state index in [-0.39, 0.29) is 5.41 Å². The van der Waals surface area contributed by atoms with Gasteiger partial charge in [-0.25, -0.2) is 0 Å². The molecule has 0 saturated heterocycles. The highest BCUT2D eigenvalue weighted by Gasteiger charge is 2.38. The third-order valence-corrected chi connectivity index (χ3v) is 8.28. The van der Waals surface area contributed by atoms with Crippen LogP contribution in [-0.2, 0) is 18.3 Å². The Labute approximate surface area is 253 Å². The molecule has 1 nitrogen and oxygen atoms in total. The van der Waals surface area contributed by atoms with Gasteiger partial charge in [0.25, 0.3) is 0 Å². The fourth-order valence-corrected chi connectivity index (χ4v) is 6.10. The van der Waals surface area contributed by atoms with Crippen molar-refractivity contribution in [1.82, 2.24) is 4.90 Å². The van der Waals surface area contributed by atoms with Crippen LogP contribution in [0.15, 0.2) is 157 Å². The van der Waals surface area contributed by atoms with Gasteiger partial charge in [-0.1, -0.05) is 140 Å². The van der Waals surface area contributed by atoms with Crippen LogP contribution < -0.4 is 0 Å². The zero-order chi connectivity index (χ0) is 29.0. The van der Waals surface area contributed by atoms with Gasteiger partial charge in [0.05, 0.1) is 0 Å². The molecule has 3 aromatic carbocycles. The van der Waals surface area contributed by atoms with Gasteiger partial charge < -0.3 is 4.90 Å². The maximum atomic E-state index is 2.42. The van der Waals surface area contributed by atoms with Crippen LogP contribution in [0.1, 0.15) is 53.5 Å². The normalized spacial score (nSPS) is 20.0. The van der Waals surface area contributed by atoms with E-state index < -0.39 is 0 Å². The molecule has 212 valence electrons. The van der Waals surface area contributed by atoms with E-state index in [1.54, 1.807) is 0 Å². The molecule has 1 atom stereocenters. The average Bonchev–Trinajstić information content (AvgIpc) is 3.23. The number of hydrogen-bond donors (Lipinski definition) is 0. The van der Waals surface area contributed by atoms with Crippen LogP contribution in [0.5, 0.6) is 0 Å². The summed E-state index contributed by atoms with van der Waals surface area (Å²) in [4.78, 5) is 2.03. The molecule has 2 aliphatic carbocycles. The topological polar surface area (TPSA) is 3.24 Å². The highest BCUT2D eigenvalue weighted by atomic mass is 15.0. The summed E-state index contributed by atoms with van der Waals surface area (Å²) in [7, 11) is 4.05. The smallest absolute Gasteiger partial charge is 0.0488 e. The Balaban J connectivity index is 1.44. The predicted octanol–water partition coefficient (Wildman–Crippen LogP) is 9.96. The van der Waals surface area contributed by atoms with Crippen LogP contribution in [0.25, 0.3) is 5.57 Å². The molecule has 3 aromatic rings. The summed E-state index contributed by atoms with van der Waals surface area (Å²) in [6.45, 7) is 0. The van der Waals surface area contributed by atoms with E-state index in [0.29, 0.717) is 0 Å². The van der Waals surface area contributed by atoms with Crippen LogP contribution in [0.3, 0.4) is 0 Å². The summed E-state index contributed by atoms with van der Waals surface area (Å²) in [5.41, 5.74) is 9.38. The highest BCUT2D eigenvalue weighted by Crippen LogP contribution is 2.46. The quantitative estimate of drug-likeness (QED) is 0.200. The molecule has 5 rings (SSSR count). The first-order chi connectivity index (χ1) is 20.7. The van der Waals surface area contributed by atoms with Gasteiger partial charge in [0.2, 0.25) is 0 Å². The lowest BCUT2D eigenvalue weighted by molar-refractivity contribution is 0.564. The van der Waals surface area contributed by atoms with Crippen molar-refractivity contribution >= 4 is 5.57 Å². The number of hydrogen-bond acceptors (Lipinski definition) is 1. The van der Waals surface area contributed by atoms with Gasteiger partial charge in [-0.3, -0.25) is 0 Å². The summed E-state index contributed by atoms with van der Waals surface area (Å²) >= 11 is 0. The molecule has 0 bridgehead atoms. The molecule has 0 heterocycles. The second-order valence-corrected chi connectivity index (χ2v) is 11.4. The second kappa shape index (κ2) is 14.5. The molecule has 0 saturated carbocycles. The largest absolute Gasteiger partial charge is 0.383 e. The minimum Gasteiger partial charge on any atom is -0.383 e. The minimum atomic E-state index is -0.228. The van der Waals surface area contributed by atoms with Gasteiger partial charge in [0, 0.05) is 19.5 Å². The van der Waals surface area contributed by atoms with E-state index in [1.165, 1.54) is 45.4 Å². The fraction of sp³-hybridized carbons (Fsp3) is 0.220. The summed E-state index contributed by atoms with van der Waals surface area (Å²) < 4.78 is 0. The molecule has 2 aliphatic rings. The maximum Gasteiger partial charge on any atom is 0.0488 e. The molecular formula is C41H43N.